The number of carbonyl (C=O) groups excluding carboxylic acids is 1. The summed E-state index contributed by atoms with van der Waals surface area (Å²) in [4.78, 5) is 28.8. The highest BCUT2D eigenvalue weighted by atomic mass is 32.1. The number of imidazole rings is 1. The molecule has 122 valence electrons. The average Bonchev–Trinajstić information content (AvgIpc) is 2.94. The molecule has 0 spiro atoms. The fourth-order valence-corrected chi connectivity index (χ4v) is 2.55. The van der Waals surface area contributed by atoms with E-state index >= 15 is 0 Å². The smallest absolute Gasteiger partial charge is 0.323 e. The molecule has 1 amide bonds. The molecule has 6 nitrogen and oxygen atoms in total. The van der Waals surface area contributed by atoms with Crippen LogP contribution >= 0.6 is 12.2 Å². The number of amides is 1. The molecule has 1 heterocycles. The van der Waals surface area contributed by atoms with E-state index in [0.29, 0.717) is 22.3 Å². The van der Waals surface area contributed by atoms with Crippen molar-refractivity contribution < 1.29 is 4.79 Å². The first-order valence-electron chi connectivity index (χ1n) is 7.48. The second kappa shape index (κ2) is 6.67. The molecule has 0 atom stereocenters. The van der Waals surface area contributed by atoms with E-state index in [-0.39, 0.29) is 16.7 Å². The van der Waals surface area contributed by atoms with Crippen LogP contribution < -0.4 is 16.3 Å². The summed E-state index contributed by atoms with van der Waals surface area (Å²) in [7, 11) is 0. The summed E-state index contributed by atoms with van der Waals surface area (Å²) < 4.78 is 0. The van der Waals surface area contributed by atoms with Crippen LogP contribution in [0.25, 0.3) is 11.0 Å². The van der Waals surface area contributed by atoms with Gasteiger partial charge in [-0.15, -0.1) is 0 Å². The third-order valence-electron chi connectivity index (χ3n) is 3.63. The van der Waals surface area contributed by atoms with E-state index < -0.39 is 0 Å². The van der Waals surface area contributed by atoms with Gasteiger partial charge in [-0.05, 0) is 54.5 Å². The summed E-state index contributed by atoms with van der Waals surface area (Å²) in [5.41, 5.74) is 3.48. The average molecular weight is 340 g/mol. The molecule has 3 aromatic rings. The first-order valence-corrected chi connectivity index (χ1v) is 7.89. The Balaban J connectivity index is 1.67. The van der Waals surface area contributed by atoms with Crippen molar-refractivity contribution in [1.29, 1.82) is 0 Å². The maximum absolute atomic E-state index is 12.2. The molecule has 0 saturated carbocycles. The van der Waals surface area contributed by atoms with Gasteiger partial charge in [0.05, 0.1) is 11.0 Å². The Kier molecular flexibility index (Phi) is 4.43. The van der Waals surface area contributed by atoms with Crippen LogP contribution in [-0.2, 0) is 6.42 Å². The van der Waals surface area contributed by atoms with Gasteiger partial charge < -0.3 is 15.3 Å². The Morgan fingerprint density at radius 1 is 1.08 bits per heavy atom. The number of aromatic nitrogens is 2. The molecule has 4 N–H and O–H groups in total. The van der Waals surface area contributed by atoms with Crippen molar-refractivity contribution in [2.45, 2.75) is 13.3 Å². The molecule has 0 radical (unpaired) electrons. The van der Waals surface area contributed by atoms with Gasteiger partial charge in [-0.3, -0.25) is 10.1 Å². The number of carbonyl (C=O) groups is 1. The number of thiocarbonyl (C=S) groups is 1. The minimum absolute atomic E-state index is 0.191. The molecule has 0 fully saturated rings. The third kappa shape index (κ3) is 3.52. The number of fused-ring (bicyclic) bond motifs is 1. The zero-order valence-electron chi connectivity index (χ0n) is 13.0. The Hall–Kier alpha value is -2.93. The number of benzene rings is 2. The largest absolute Gasteiger partial charge is 0.332 e. The zero-order chi connectivity index (χ0) is 17.1. The molecule has 0 unspecified atom stereocenters. The van der Waals surface area contributed by atoms with Crippen molar-refractivity contribution in [2.75, 3.05) is 5.32 Å². The van der Waals surface area contributed by atoms with Crippen LogP contribution in [0.4, 0.5) is 5.69 Å². The molecule has 0 aliphatic heterocycles. The number of anilines is 1. The van der Waals surface area contributed by atoms with Crippen LogP contribution in [0.2, 0.25) is 0 Å². The maximum atomic E-state index is 12.2. The van der Waals surface area contributed by atoms with E-state index in [1.165, 1.54) is 5.56 Å². The number of hydrogen-bond donors (Lipinski definition) is 4. The van der Waals surface area contributed by atoms with Crippen LogP contribution in [0, 0.1) is 0 Å². The number of hydrogen-bond acceptors (Lipinski definition) is 3. The van der Waals surface area contributed by atoms with Crippen molar-refractivity contribution in [3.8, 4) is 0 Å². The van der Waals surface area contributed by atoms with E-state index in [0.717, 1.165) is 6.42 Å². The SMILES string of the molecule is CCc1ccc(C(=O)NC(=S)Nc2ccc3[nH]c(=O)[nH]c3c2)cc1. The summed E-state index contributed by atoms with van der Waals surface area (Å²) in [6.45, 7) is 2.06. The van der Waals surface area contributed by atoms with Crippen LogP contribution in [0.1, 0.15) is 22.8 Å². The highest BCUT2D eigenvalue weighted by molar-refractivity contribution is 7.80. The van der Waals surface area contributed by atoms with Gasteiger partial charge >= 0.3 is 5.69 Å². The fraction of sp³-hybridized carbons (Fsp3) is 0.118. The van der Waals surface area contributed by atoms with Crippen LogP contribution in [0.3, 0.4) is 0 Å². The summed E-state index contributed by atoms with van der Waals surface area (Å²) >= 11 is 5.17. The molecule has 7 heteroatoms. The minimum Gasteiger partial charge on any atom is -0.332 e. The first-order chi connectivity index (χ1) is 11.5. The van der Waals surface area contributed by atoms with Gasteiger partial charge in [-0.2, -0.15) is 0 Å². The molecule has 3 rings (SSSR count). The lowest BCUT2D eigenvalue weighted by Crippen LogP contribution is -2.34. The molecule has 0 saturated heterocycles. The van der Waals surface area contributed by atoms with Gasteiger partial charge in [0.15, 0.2) is 5.11 Å². The van der Waals surface area contributed by atoms with Gasteiger partial charge in [-0.25, -0.2) is 4.79 Å². The molecule has 2 aromatic carbocycles. The Morgan fingerprint density at radius 2 is 1.79 bits per heavy atom. The lowest BCUT2D eigenvalue weighted by molar-refractivity contribution is 0.0977. The number of rotatable bonds is 3. The predicted octanol–water partition coefficient (Wildman–Crippen LogP) is 2.55. The van der Waals surface area contributed by atoms with E-state index in [9.17, 15) is 9.59 Å². The molecule has 0 aliphatic rings. The number of aryl methyl sites for hydroxylation is 1. The predicted molar refractivity (Wildman–Crippen MR) is 98.4 cm³/mol. The summed E-state index contributed by atoms with van der Waals surface area (Å²) in [5, 5.41) is 5.76. The monoisotopic (exact) mass is 340 g/mol. The van der Waals surface area contributed by atoms with Crippen molar-refractivity contribution in [1.82, 2.24) is 15.3 Å². The van der Waals surface area contributed by atoms with Crippen LogP contribution in [0.5, 0.6) is 0 Å². The first kappa shape index (κ1) is 15.9. The highest BCUT2D eigenvalue weighted by Gasteiger charge is 2.08. The Labute approximate surface area is 143 Å². The zero-order valence-corrected chi connectivity index (χ0v) is 13.8. The molecular formula is C17H16N4O2S. The maximum Gasteiger partial charge on any atom is 0.323 e. The second-order valence-electron chi connectivity index (χ2n) is 5.30. The van der Waals surface area contributed by atoms with E-state index in [1.807, 2.05) is 12.1 Å². The van der Waals surface area contributed by atoms with Gasteiger partial charge in [0, 0.05) is 11.3 Å². The molecule has 1 aromatic heterocycles. The molecular weight excluding hydrogens is 324 g/mol. The van der Waals surface area contributed by atoms with E-state index in [2.05, 4.69) is 27.5 Å². The van der Waals surface area contributed by atoms with Gasteiger partial charge in [-0.1, -0.05) is 19.1 Å². The van der Waals surface area contributed by atoms with Crippen molar-refractivity contribution in [2.24, 2.45) is 0 Å². The van der Waals surface area contributed by atoms with E-state index in [1.54, 1.807) is 30.3 Å². The lowest BCUT2D eigenvalue weighted by atomic mass is 10.1. The molecule has 0 bridgehead atoms. The van der Waals surface area contributed by atoms with E-state index in [4.69, 9.17) is 12.2 Å². The van der Waals surface area contributed by atoms with Gasteiger partial charge in [0.25, 0.3) is 5.91 Å². The standard InChI is InChI=1S/C17H16N4O2S/c1-2-10-3-5-11(6-4-10)15(22)21-17(24)18-12-7-8-13-14(9-12)20-16(23)19-13/h3-9H,2H2,1H3,(H2,19,20,23)(H2,18,21,22,24). The lowest BCUT2D eigenvalue weighted by Gasteiger charge is -2.10. The summed E-state index contributed by atoms with van der Waals surface area (Å²) in [6, 6.07) is 12.6. The number of H-pyrrole nitrogens is 2. The summed E-state index contributed by atoms with van der Waals surface area (Å²) in [5.74, 6) is -0.272. The normalized spacial score (nSPS) is 10.5. The van der Waals surface area contributed by atoms with Gasteiger partial charge in [0.2, 0.25) is 0 Å². The van der Waals surface area contributed by atoms with Crippen LogP contribution in [-0.4, -0.2) is 21.0 Å². The van der Waals surface area contributed by atoms with Crippen LogP contribution in [0.15, 0.2) is 47.3 Å². The Morgan fingerprint density at radius 3 is 2.50 bits per heavy atom. The fourth-order valence-electron chi connectivity index (χ4n) is 2.34. The van der Waals surface area contributed by atoms with Crippen molar-refractivity contribution in [3.63, 3.8) is 0 Å². The number of aromatic amines is 2. The second-order valence-corrected chi connectivity index (χ2v) is 5.71. The highest BCUT2D eigenvalue weighted by Crippen LogP contribution is 2.14. The topological polar surface area (TPSA) is 89.8 Å². The minimum atomic E-state index is -0.272. The molecule has 24 heavy (non-hydrogen) atoms. The Bertz CT molecular complexity index is 957. The number of nitrogens with one attached hydrogen (secondary N) is 4. The van der Waals surface area contributed by atoms with Crippen molar-refractivity contribution in [3.05, 3.63) is 64.1 Å². The summed E-state index contributed by atoms with van der Waals surface area (Å²) in [6.07, 6.45) is 0.922. The quantitative estimate of drug-likeness (QED) is 0.552. The van der Waals surface area contributed by atoms with Gasteiger partial charge in [0.1, 0.15) is 0 Å². The molecule has 0 aliphatic carbocycles. The van der Waals surface area contributed by atoms with Crippen molar-refractivity contribution >= 4 is 40.0 Å². The third-order valence-corrected chi connectivity index (χ3v) is 3.83.